The van der Waals surface area contributed by atoms with E-state index in [2.05, 4.69) is 17.1 Å². The van der Waals surface area contributed by atoms with E-state index in [-0.39, 0.29) is 0 Å². The van der Waals surface area contributed by atoms with Crippen LogP contribution in [0.15, 0.2) is 35.3 Å². The van der Waals surface area contributed by atoms with E-state index < -0.39 is 0 Å². The maximum Gasteiger partial charge on any atom is 0.161 e. The summed E-state index contributed by atoms with van der Waals surface area (Å²) < 4.78 is 0.674. The molecule has 0 bridgehead atoms. The second-order valence-electron chi connectivity index (χ2n) is 3.25. The first kappa shape index (κ1) is 12.2. The summed E-state index contributed by atoms with van der Waals surface area (Å²) in [6.45, 7) is 0. The second kappa shape index (κ2) is 6.58. The van der Waals surface area contributed by atoms with Crippen LogP contribution in [0.1, 0.15) is 5.56 Å². The Bertz CT molecular complexity index is 334. The summed E-state index contributed by atoms with van der Waals surface area (Å²) in [6, 6.07) is 10.2. The van der Waals surface area contributed by atoms with Crippen molar-refractivity contribution in [2.45, 2.75) is 5.75 Å². The third-order valence-electron chi connectivity index (χ3n) is 1.60. The van der Waals surface area contributed by atoms with Crippen LogP contribution in [0.25, 0.3) is 0 Å². The normalized spacial score (nSPS) is 10.5. The van der Waals surface area contributed by atoms with Gasteiger partial charge in [0.2, 0.25) is 0 Å². The van der Waals surface area contributed by atoms with Gasteiger partial charge in [0.05, 0.1) is 6.34 Å². The van der Waals surface area contributed by atoms with E-state index in [1.165, 1.54) is 5.56 Å². The zero-order valence-corrected chi connectivity index (χ0v) is 10.5. The third kappa shape index (κ3) is 5.54. The number of hydrogen-bond acceptors (Lipinski definition) is 2. The molecule has 0 saturated heterocycles. The largest absolute Gasteiger partial charge is 0.369 e. The molecule has 0 spiro atoms. The van der Waals surface area contributed by atoms with Gasteiger partial charge in [-0.15, -0.1) is 0 Å². The first-order chi connectivity index (χ1) is 7.18. The molecule has 1 rings (SSSR count). The predicted molar refractivity (Wildman–Crippen MR) is 72.5 cm³/mol. The van der Waals surface area contributed by atoms with Crippen molar-refractivity contribution in [2.75, 3.05) is 14.1 Å². The molecule has 1 aromatic rings. The van der Waals surface area contributed by atoms with Crippen molar-refractivity contribution in [1.82, 2.24) is 4.90 Å². The maximum atomic E-state index is 5.11. The number of benzene rings is 1. The highest BCUT2D eigenvalue weighted by molar-refractivity contribution is 8.22. The number of aliphatic imine (C=N–C) groups is 1. The number of thioether (sulfide) groups is 1. The summed E-state index contributed by atoms with van der Waals surface area (Å²) in [7, 11) is 3.85. The lowest BCUT2D eigenvalue weighted by atomic mass is 10.2. The first-order valence-electron chi connectivity index (χ1n) is 4.60. The molecule has 0 atom stereocenters. The molecule has 0 aromatic heterocycles. The highest BCUT2D eigenvalue weighted by Gasteiger charge is 1.96. The molecule has 2 nitrogen and oxygen atoms in total. The average Bonchev–Trinajstić information content (AvgIpc) is 2.25. The fourth-order valence-corrected chi connectivity index (χ4v) is 1.75. The fraction of sp³-hybridized carbons (Fsp3) is 0.273. The average molecular weight is 238 g/mol. The van der Waals surface area contributed by atoms with Crippen molar-refractivity contribution >= 4 is 34.6 Å². The van der Waals surface area contributed by atoms with Gasteiger partial charge in [-0.05, 0) is 5.56 Å². The van der Waals surface area contributed by atoms with E-state index in [0.29, 0.717) is 4.32 Å². The van der Waals surface area contributed by atoms with Gasteiger partial charge in [0.15, 0.2) is 4.32 Å². The van der Waals surface area contributed by atoms with Crippen LogP contribution in [-0.2, 0) is 5.75 Å². The number of hydrogen-bond donors (Lipinski definition) is 0. The molecule has 4 heteroatoms. The Morgan fingerprint density at radius 2 is 2.07 bits per heavy atom. The molecule has 1 aromatic carbocycles. The van der Waals surface area contributed by atoms with Crippen LogP contribution in [0.2, 0.25) is 0 Å². The van der Waals surface area contributed by atoms with Crippen molar-refractivity contribution in [2.24, 2.45) is 4.99 Å². The Kier molecular flexibility index (Phi) is 5.36. The summed E-state index contributed by atoms with van der Waals surface area (Å²) in [6.07, 6.45) is 1.72. The van der Waals surface area contributed by atoms with Crippen molar-refractivity contribution in [3.05, 3.63) is 35.9 Å². The van der Waals surface area contributed by atoms with Crippen molar-refractivity contribution in [1.29, 1.82) is 0 Å². The maximum absolute atomic E-state index is 5.11. The molecule has 0 unspecified atom stereocenters. The Labute approximate surface area is 100 Å². The molecule has 0 amide bonds. The van der Waals surface area contributed by atoms with E-state index in [1.54, 1.807) is 18.1 Å². The van der Waals surface area contributed by atoms with Crippen LogP contribution in [0.5, 0.6) is 0 Å². The predicted octanol–water partition coefficient (Wildman–Crippen LogP) is 2.79. The van der Waals surface area contributed by atoms with Crippen molar-refractivity contribution < 1.29 is 0 Å². The van der Waals surface area contributed by atoms with Crippen LogP contribution in [0.4, 0.5) is 0 Å². The van der Waals surface area contributed by atoms with E-state index in [1.807, 2.05) is 37.2 Å². The van der Waals surface area contributed by atoms with Crippen molar-refractivity contribution in [3.63, 3.8) is 0 Å². The monoisotopic (exact) mass is 238 g/mol. The van der Waals surface area contributed by atoms with E-state index >= 15 is 0 Å². The minimum atomic E-state index is 0.674. The zero-order valence-electron chi connectivity index (χ0n) is 8.88. The molecule has 0 saturated carbocycles. The van der Waals surface area contributed by atoms with E-state index in [0.717, 1.165) is 5.75 Å². The van der Waals surface area contributed by atoms with Gasteiger partial charge in [0.25, 0.3) is 0 Å². The molecule has 0 fully saturated rings. The quantitative estimate of drug-likeness (QED) is 0.457. The lowest BCUT2D eigenvalue weighted by Gasteiger charge is -2.03. The number of thiocarbonyl (C=S) groups is 1. The molecule has 0 aliphatic carbocycles. The standard InChI is InChI=1S/C11H14N2S2/c1-13(2)9-12-11(14)15-8-10-6-4-3-5-7-10/h3-7,9H,8H2,1-2H3. The number of nitrogens with zero attached hydrogens (tertiary/aromatic N) is 2. The summed E-state index contributed by atoms with van der Waals surface area (Å²) in [4.78, 5) is 6.00. The molecule has 0 aliphatic heterocycles. The van der Waals surface area contributed by atoms with Gasteiger partial charge in [-0.1, -0.05) is 54.3 Å². The minimum absolute atomic E-state index is 0.674. The summed E-state index contributed by atoms with van der Waals surface area (Å²) in [5, 5.41) is 0. The lowest BCUT2D eigenvalue weighted by Crippen LogP contribution is -2.08. The molecule has 0 heterocycles. The van der Waals surface area contributed by atoms with Crippen LogP contribution in [0, 0.1) is 0 Å². The number of rotatable bonds is 3. The van der Waals surface area contributed by atoms with Crippen molar-refractivity contribution in [3.8, 4) is 0 Å². The molecule has 0 N–H and O–H groups in total. The minimum Gasteiger partial charge on any atom is -0.369 e. The summed E-state index contributed by atoms with van der Waals surface area (Å²) in [5.41, 5.74) is 1.27. The Morgan fingerprint density at radius 1 is 1.40 bits per heavy atom. The van der Waals surface area contributed by atoms with Gasteiger partial charge >= 0.3 is 0 Å². The van der Waals surface area contributed by atoms with Gasteiger partial charge < -0.3 is 4.90 Å². The van der Waals surface area contributed by atoms with Crippen LogP contribution in [0.3, 0.4) is 0 Å². The van der Waals surface area contributed by atoms with Crippen LogP contribution >= 0.6 is 24.0 Å². The Balaban J connectivity index is 2.35. The zero-order chi connectivity index (χ0) is 11.1. The Morgan fingerprint density at radius 3 is 2.67 bits per heavy atom. The van der Waals surface area contributed by atoms with Gasteiger partial charge in [-0.3, -0.25) is 0 Å². The van der Waals surface area contributed by atoms with Gasteiger partial charge in [0.1, 0.15) is 0 Å². The molecule has 15 heavy (non-hydrogen) atoms. The smallest absolute Gasteiger partial charge is 0.161 e. The molecule has 80 valence electrons. The lowest BCUT2D eigenvalue weighted by molar-refractivity contribution is 0.644. The van der Waals surface area contributed by atoms with Gasteiger partial charge in [-0.2, -0.15) is 0 Å². The van der Waals surface area contributed by atoms with Crippen LogP contribution in [-0.4, -0.2) is 29.7 Å². The molecule has 0 radical (unpaired) electrons. The highest BCUT2D eigenvalue weighted by Crippen LogP contribution is 2.14. The third-order valence-corrected chi connectivity index (χ3v) is 2.89. The second-order valence-corrected chi connectivity index (χ2v) is 4.86. The van der Waals surface area contributed by atoms with Crippen LogP contribution < -0.4 is 0 Å². The summed E-state index contributed by atoms with van der Waals surface area (Å²) in [5.74, 6) is 0.879. The fourth-order valence-electron chi connectivity index (χ4n) is 0.919. The highest BCUT2D eigenvalue weighted by atomic mass is 32.2. The van der Waals surface area contributed by atoms with Gasteiger partial charge in [0, 0.05) is 19.8 Å². The molecule has 0 aliphatic rings. The summed E-state index contributed by atoms with van der Waals surface area (Å²) >= 11 is 6.69. The van der Waals surface area contributed by atoms with E-state index in [9.17, 15) is 0 Å². The molecular formula is C11H14N2S2. The van der Waals surface area contributed by atoms with Gasteiger partial charge in [-0.25, -0.2) is 4.99 Å². The Hall–Kier alpha value is -0.870. The van der Waals surface area contributed by atoms with E-state index in [4.69, 9.17) is 12.2 Å². The topological polar surface area (TPSA) is 15.6 Å². The molecular weight excluding hydrogens is 224 g/mol. The first-order valence-corrected chi connectivity index (χ1v) is 5.99. The SMILES string of the molecule is CN(C)C=NC(=S)SCc1ccccc1.